The molecule has 0 amide bonds. The fourth-order valence-electron chi connectivity index (χ4n) is 2.02. The van der Waals surface area contributed by atoms with Crippen molar-refractivity contribution >= 4 is 27.3 Å². The van der Waals surface area contributed by atoms with Crippen molar-refractivity contribution < 1.29 is 4.92 Å². The van der Waals surface area contributed by atoms with E-state index in [-0.39, 0.29) is 10.6 Å². The predicted octanol–water partition coefficient (Wildman–Crippen LogP) is 3.32. The molecule has 0 aliphatic rings. The van der Waals surface area contributed by atoms with E-state index in [4.69, 9.17) is 0 Å². The van der Waals surface area contributed by atoms with Crippen LogP contribution in [0.15, 0.2) is 22.8 Å². The van der Waals surface area contributed by atoms with E-state index < -0.39 is 0 Å². The third kappa shape index (κ3) is 2.98. The van der Waals surface area contributed by atoms with Crippen LogP contribution in [0.4, 0.5) is 11.4 Å². The van der Waals surface area contributed by atoms with Gasteiger partial charge in [-0.3, -0.25) is 14.8 Å². The average molecular weight is 339 g/mol. The Labute approximate surface area is 125 Å². The van der Waals surface area contributed by atoms with Crippen molar-refractivity contribution in [1.82, 2.24) is 9.78 Å². The Morgan fingerprint density at radius 1 is 1.45 bits per heavy atom. The minimum atomic E-state index is -0.380. The number of aromatic nitrogens is 2. The number of rotatable bonds is 4. The van der Waals surface area contributed by atoms with Gasteiger partial charge in [0.25, 0.3) is 5.69 Å². The first-order valence-corrected chi connectivity index (χ1v) is 6.85. The number of hydrogen-bond donors (Lipinski definition) is 1. The van der Waals surface area contributed by atoms with Gasteiger partial charge in [0, 0.05) is 47.1 Å². The molecule has 0 fully saturated rings. The minimum Gasteiger partial charge on any atom is -0.380 e. The van der Waals surface area contributed by atoms with Gasteiger partial charge in [-0.25, -0.2) is 0 Å². The van der Waals surface area contributed by atoms with E-state index in [2.05, 4.69) is 26.3 Å². The number of nitrogens with zero attached hydrogens (tertiary/aromatic N) is 3. The molecule has 0 saturated heterocycles. The summed E-state index contributed by atoms with van der Waals surface area (Å²) in [4.78, 5) is 10.5. The molecule has 0 unspecified atom stereocenters. The summed E-state index contributed by atoms with van der Waals surface area (Å²) in [5.41, 5.74) is 3.63. The topological polar surface area (TPSA) is 73.0 Å². The second kappa shape index (κ2) is 5.62. The Kier molecular flexibility index (Phi) is 4.08. The summed E-state index contributed by atoms with van der Waals surface area (Å²) in [5, 5.41) is 18.4. The summed E-state index contributed by atoms with van der Waals surface area (Å²) in [6.07, 6.45) is 1.95. The van der Waals surface area contributed by atoms with Crippen LogP contribution >= 0.6 is 15.9 Å². The molecule has 1 aromatic carbocycles. The lowest BCUT2D eigenvalue weighted by atomic mass is 10.1. The highest BCUT2D eigenvalue weighted by Gasteiger charge is 2.14. The maximum absolute atomic E-state index is 10.9. The first kappa shape index (κ1) is 14.5. The van der Waals surface area contributed by atoms with Crippen LogP contribution in [-0.4, -0.2) is 14.7 Å². The van der Waals surface area contributed by atoms with Gasteiger partial charge in [-0.05, 0) is 35.8 Å². The molecule has 1 N–H and O–H groups in total. The Bertz CT molecular complexity index is 667. The van der Waals surface area contributed by atoms with Gasteiger partial charge in [-0.15, -0.1) is 0 Å². The molecule has 7 heteroatoms. The summed E-state index contributed by atoms with van der Waals surface area (Å²) < 4.78 is 2.44. The van der Waals surface area contributed by atoms with Crippen LogP contribution in [-0.2, 0) is 13.6 Å². The number of anilines is 1. The summed E-state index contributed by atoms with van der Waals surface area (Å²) in [5.74, 6) is 0. The van der Waals surface area contributed by atoms with Crippen molar-refractivity contribution in [2.24, 2.45) is 7.05 Å². The summed E-state index contributed by atoms with van der Waals surface area (Å²) >= 11 is 3.36. The van der Waals surface area contributed by atoms with Crippen molar-refractivity contribution in [3.05, 3.63) is 49.7 Å². The number of benzene rings is 1. The third-order valence-corrected chi connectivity index (χ3v) is 3.72. The third-order valence-electron chi connectivity index (χ3n) is 3.07. The van der Waals surface area contributed by atoms with Crippen LogP contribution in [0.3, 0.4) is 0 Å². The SMILES string of the molecule is Cc1cc(NCc2cn(C)nc2C)c(Br)cc1[N+](=O)[O-]. The Morgan fingerprint density at radius 3 is 2.70 bits per heavy atom. The Hall–Kier alpha value is -1.89. The second-order valence-corrected chi connectivity index (χ2v) is 5.50. The highest BCUT2D eigenvalue weighted by Crippen LogP contribution is 2.31. The van der Waals surface area contributed by atoms with E-state index >= 15 is 0 Å². The summed E-state index contributed by atoms with van der Waals surface area (Å²) in [7, 11) is 1.88. The Morgan fingerprint density at radius 2 is 2.15 bits per heavy atom. The maximum atomic E-state index is 10.9. The molecule has 1 aromatic heterocycles. The quantitative estimate of drug-likeness (QED) is 0.685. The first-order valence-electron chi connectivity index (χ1n) is 6.06. The van der Waals surface area contributed by atoms with Crippen LogP contribution in [0.2, 0.25) is 0 Å². The van der Waals surface area contributed by atoms with E-state index in [9.17, 15) is 10.1 Å². The molecule has 0 aliphatic carbocycles. The first-order chi connectivity index (χ1) is 9.38. The molecule has 0 bridgehead atoms. The monoisotopic (exact) mass is 338 g/mol. The smallest absolute Gasteiger partial charge is 0.273 e. The van der Waals surface area contributed by atoms with Crippen LogP contribution in [0.25, 0.3) is 0 Å². The molecule has 20 heavy (non-hydrogen) atoms. The van der Waals surface area contributed by atoms with Gasteiger partial charge >= 0.3 is 0 Å². The standard InChI is InChI=1S/C13H15BrN4O2/c1-8-4-12(11(14)5-13(8)18(19)20)15-6-10-7-17(3)16-9(10)2/h4-5,7,15H,6H2,1-3H3. The number of nitrogens with one attached hydrogen (secondary N) is 1. The Balaban J connectivity index is 2.20. The van der Waals surface area contributed by atoms with E-state index in [1.165, 1.54) is 6.07 Å². The van der Waals surface area contributed by atoms with Crippen LogP contribution in [0, 0.1) is 24.0 Å². The zero-order chi connectivity index (χ0) is 14.9. The molecule has 0 saturated carbocycles. The van der Waals surface area contributed by atoms with Crippen LogP contribution in [0.5, 0.6) is 0 Å². The van der Waals surface area contributed by atoms with E-state index in [0.29, 0.717) is 16.6 Å². The summed E-state index contributed by atoms with van der Waals surface area (Å²) in [6.45, 7) is 4.30. The fourth-order valence-corrected chi connectivity index (χ4v) is 2.49. The van der Waals surface area contributed by atoms with Crippen LogP contribution in [0.1, 0.15) is 16.8 Å². The zero-order valence-electron chi connectivity index (χ0n) is 11.5. The molecule has 6 nitrogen and oxygen atoms in total. The van der Waals surface area contributed by atoms with Gasteiger partial charge in [0.15, 0.2) is 0 Å². The average Bonchev–Trinajstić information content (AvgIpc) is 2.68. The van der Waals surface area contributed by atoms with Crippen molar-refractivity contribution in [2.45, 2.75) is 20.4 Å². The van der Waals surface area contributed by atoms with Gasteiger partial charge in [0.1, 0.15) is 0 Å². The van der Waals surface area contributed by atoms with Crippen LogP contribution < -0.4 is 5.32 Å². The van der Waals surface area contributed by atoms with E-state index in [1.54, 1.807) is 17.7 Å². The largest absolute Gasteiger partial charge is 0.380 e. The number of hydrogen-bond acceptors (Lipinski definition) is 4. The highest BCUT2D eigenvalue weighted by atomic mass is 79.9. The fraction of sp³-hybridized carbons (Fsp3) is 0.308. The van der Waals surface area contributed by atoms with Crippen molar-refractivity contribution in [3.8, 4) is 0 Å². The molecule has 106 valence electrons. The van der Waals surface area contributed by atoms with Gasteiger partial charge in [-0.2, -0.15) is 5.10 Å². The zero-order valence-corrected chi connectivity index (χ0v) is 13.1. The molecular weight excluding hydrogens is 324 g/mol. The molecule has 2 aromatic rings. The van der Waals surface area contributed by atoms with Gasteiger partial charge in [0.2, 0.25) is 0 Å². The molecule has 0 spiro atoms. The lowest BCUT2D eigenvalue weighted by Gasteiger charge is -2.09. The molecule has 0 radical (unpaired) electrons. The summed E-state index contributed by atoms with van der Waals surface area (Å²) in [6, 6.07) is 3.29. The maximum Gasteiger partial charge on any atom is 0.273 e. The lowest BCUT2D eigenvalue weighted by molar-refractivity contribution is -0.385. The normalized spacial score (nSPS) is 10.6. The van der Waals surface area contributed by atoms with Gasteiger partial charge in [0.05, 0.1) is 10.6 Å². The van der Waals surface area contributed by atoms with Crippen molar-refractivity contribution in [2.75, 3.05) is 5.32 Å². The van der Waals surface area contributed by atoms with Crippen molar-refractivity contribution in [1.29, 1.82) is 0 Å². The molecule has 0 atom stereocenters. The number of nitro groups is 1. The second-order valence-electron chi connectivity index (χ2n) is 4.64. The number of halogens is 1. The molecule has 2 rings (SSSR count). The minimum absolute atomic E-state index is 0.111. The van der Waals surface area contributed by atoms with E-state index in [0.717, 1.165) is 16.9 Å². The predicted molar refractivity (Wildman–Crippen MR) is 80.8 cm³/mol. The lowest BCUT2D eigenvalue weighted by Crippen LogP contribution is -2.02. The molecule has 0 aliphatic heterocycles. The van der Waals surface area contributed by atoms with Gasteiger partial charge in [-0.1, -0.05) is 0 Å². The van der Waals surface area contributed by atoms with Crippen molar-refractivity contribution in [3.63, 3.8) is 0 Å². The molecule has 1 heterocycles. The number of aryl methyl sites for hydroxylation is 3. The van der Waals surface area contributed by atoms with E-state index in [1.807, 2.05) is 20.2 Å². The highest BCUT2D eigenvalue weighted by molar-refractivity contribution is 9.10. The number of nitro benzene ring substituents is 1. The molecular formula is C13H15BrN4O2. The van der Waals surface area contributed by atoms with Gasteiger partial charge < -0.3 is 5.32 Å².